The topological polar surface area (TPSA) is 15.3 Å². The molecule has 0 amide bonds. The molecule has 1 aliphatic carbocycles. The summed E-state index contributed by atoms with van der Waals surface area (Å²) in [5.41, 5.74) is 1.30. The van der Waals surface area contributed by atoms with Gasteiger partial charge in [0.1, 0.15) is 0 Å². The summed E-state index contributed by atoms with van der Waals surface area (Å²) in [6, 6.07) is 9.69. The Labute approximate surface area is 114 Å². The van der Waals surface area contributed by atoms with E-state index in [0.717, 1.165) is 30.1 Å². The maximum atomic E-state index is 5.95. The fourth-order valence-corrected chi connectivity index (χ4v) is 3.04. The van der Waals surface area contributed by atoms with Crippen LogP contribution in [0.4, 0.5) is 5.69 Å². The molecule has 2 fully saturated rings. The number of nitrogens with zero attached hydrogens (tertiary/aromatic N) is 1. The van der Waals surface area contributed by atoms with E-state index in [2.05, 4.69) is 29.3 Å². The molecular formula is C15H21ClN2. The van der Waals surface area contributed by atoms with Crippen LogP contribution >= 0.6 is 11.6 Å². The van der Waals surface area contributed by atoms with Gasteiger partial charge in [-0.3, -0.25) is 0 Å². The van der Waals surface area contributed by atoms with Crippen LogP contribution in [0.3, 0.4) is 0 Å². The Morgan fingerprint density at radius 2 is 1.83 bits per heavy atom. The zero-order valence-electron chi connectivity index (χ0n) is 10.9. The van der Waals surface area contributed by atoms with Crippen LogP contribution in [-0.4, -0.2) is 25.2 Å². The minimum absolute atomic E-state index is 0.650. The van der Waals surface area contributed by atoms with E-state index in [1.165, 1.54) is 24.9 Å². The van der Waals surface area contributed by atoms with E-state index in [-0.39, 0.29) is 0 Å². The summed E-state index contributed by atoms with van der Waals surface area (Å²) < 4.78 is 0. The second kappa shape index (κ2) is 5.10. The molecule has 0 spiro atoms. The van der Waals surface area contributed by atoms with Crippen LogP contribution < -0.4 is 10.2 Å². The van der Waals surface area contributed by atoms with Crippen LogP contribution in [0.5, 0.6) is 0 Å². The molecule has 3 rings (SSSR count). The average Bonchev–Trinajstić information content (AvgIpc) is 3.13. The van der Waals surface area contributed by atoms with Crippen molar-refractivity contribution in [2.45, 2.75) is 38.3 Å². The van der Waals surface area contributed by atoms with Crippen molar-refractivity contribution in [1.29, 1.82) is 0 Å². The predicted molar refractivity (Wildman–Crippen MR) is 77.4 cm³/mol. The summed E-state index contributed by atoms with van der Waals surface area (Å²) in [5, 5.41) is 4.58. The molecule has 2 aliphatic rings. The molecule has 2 nitrogen and oxygen atoms in total. The van der Waals surface area contributed by atoms with Gasteiger partial charge >= 0.3 is 0 Å². The Kier molecular flexibility index (Phi) is 3.49. The number of piperidine rings is 1. The lowest BCUT2D eigenvalue weighted by atomic mass is 9.95. The van der Waals surface area contributed by atoms with Crippen LogP contribution in [-0.2, 0) is 0 Å². The summed E-state index contributed by atoms with van der Waals surface area (Å²) in [6.45, 7) is 4.64. The number of benzene rings is 1. The zero-order chi connectivity index (χ0) is 12.5. The van der Waals surface area contributed by atoms with Crippen molar-refractivity contribution in [1.82, 2.24) is 5.32 Å². The van der Waals surface area contributed by atoms with Gasteiger partial charge in [0.05, 0.1) is 0 Å². The molecular weight excluding hydrogens is 244 g/mol. The average molecular weight is 265 g/mol. The molecule has 98 valence electrons. The van der Waals surface area contributed by atoms with Crippen molar-refractivity contribution in [3.63, 3.8) is 0 Å². The molecule has 1 heterocycles. The molecule has 0 aromatic heterocycles. The third kappa shape index (κ3) is 2.99. The minimum Gasteiger partial charge on any atom is -0.370 e. The first-order valence-electron chi connectivity index (χ1n) is 6.97. The number of halogens is 1. The van der Waals surface area contributed by atoms with Crippen LogP contribution in [0.2, 0.25) is 5.02 Å². The summed E-state index contributed by atoms with van der Waals surface area (Å²) in [4.78, 5) is 2.49. The molecule has 0 bridgehead atoms. The second-order valence-corrected chi connectivity index (χ2v) is 6.30. The Morgan fingerprint density at radius 1 is 1.11 bits per heavy atom. The number of hydrogen-bond donors (Lipinski definition) is 1. The molecule has 2 unspecified atom stereocenters. The minimum atomic E-state index is 0.650. The molecule has 1 aromatic rings. The fraction of sp³-hybridized carbons (Fsp3) is 0.600. The number of rotatable bonds is 3. The molecule has 1 N–H and O–H groups in total. The lowest BCUT2D eigenvalue weighted by Crippen LogP contribution is -2.49. The molecule has 18 heavy (non-hydrogen) atoms. The van der Waals surface area contributed by atoms with Crippen LogP contribution in [0.15, 0.2) is 24.3 Å². The van der Waals surface area contributed by atoms with E-state index >= 15 is 0 Å². The molecule has 2 atom stereocenters. The Balaban J connectivity index is 1.68. The summed E-state index contributed by atoms with van der Waals surface area (Å²) in [6.07, 6.45) is 4.04. The summed E-state index contributed by atoms with van der Waals surface area (Å²) in [5.74, 6) is 0.755. The summed E-state index contributed by atoms with van der Waals surface area (Å²) >= 11 is 5.95. The number of nitrogens with one attached hydrogen (secondary N) is 1. The van der Waals surface area contributed by atoms with E-state index in [4.69, 9.17) is 11.6 Å². The first-order chi connectivity index (χ1) is 8.70. The van der Waals surface area contributed by atoms with Crippen molar-refractivity contribution in [2.75, 3.05) is 18.0 Å². The van der Waals surface area contributed by atoms with E-state index < -0.39 is 0 Å². The van der Waals surface area contributed by atoms with Gasteiger partial charge in [-0.1, -0.05) is 18.5 Å². The van der Waals surface area contributed by atoms with Gasteiger partial charge in [-0.25, -0.2) is 0 Å². The standard InChI is InChI=1S/C15H21ClN2/c1-11-8-14(17-13-4-5-13)10-18(9-11)15-6-2-12(16)3-7-15/h2-3,6-7,11,13-14,17H,4-5,8-10H2,1H3. The Bertz CT molecular complexity index is 397. The largest absolute Gasteiger partial charge is 0.370 e. The highest BCUT2D eigenvalue weighted by Gasteiger charge is 2.30. The quantitative estimate of drug-likeness (QED) is 0.901. The van der Waals surface area contributed by atoms with E-state index in [1.807, 2.05) is 12.1 Å². The summed E-state index contributed by atoms with van der Waals surface area (Å²) in [7, 11) is 0. The highest BCUT2D eigenvalue weighted by atomic mass is 35.5. The molecule has 0 radical (unpaired) electrons. The van der Waals surface area contributed by atoms with Gasteiger partial charge in [0.15, 0.2) is 0 Å². The van der Waals surface area contributed by atoms with Gasteiger partial charge in [-0.15, -0.1) is 0 Å². The van der Waals surface area contributed by atoms with Crippen LogP contribution in [0.1, 0.15) is 26.2 Å². The Morgan fingerprint density at radius 3 is 2.50 bits per heavy atom. The maximum absolute atomic E-state index is 5.95. The zero-order valence-corrected chi connectivity index (χ0v) is 11.7. The fourth-order valence-electron chi connectivity index (χ4n) is 2.92. The van der Waals surface area contributed by atoms with Gasteiger partial charge in [0, 0.05) is 35.9 Å². The second-order valence-electron chi connectivity index (χ2n) is 5.86. The van der Waals surface area contributed by atoms with E-state index in [0.29, 0.717) is 6.04 Å². The maximum Gasteiger partial charge on any atom is 0.0407 e. The van der Waals surface area contributed by atoms with E-state index in [9.17, 15) is 0 Å². The van der Waals surface area contributed by atoms with Crippen LogP contribution in [0.25, 0.3) is 0 Å². The van der Waals surface area contributed by atoms with Crippen molar-refractivity contribution >= 4 is 17.3 Å². The highest BCUT2D eigenvalue weighted by molar-refractivity contribution is 6.30. The molecule has 1 saturated carbocycles. The third-order valence-corrected chi connectivity index (χ3v) is 4.15. The molecule has 1 aromatic carbocycles. The lowest BCUT2D eigenvalue weighted by Gasteiger charge is -2.38. The van der Waals surface area contributed by atoms with Crippen molar-refractivity contribution in [3.05, 3.63) is 29.3 Å². The first kappa shape index (κ1) is 12.3. The van der Waals surface area contributed by atoms with Gasteiger partial charge in [0.2, 0.25) is 0 Å². The van der Waals surface area contributed by atoms with Crippen LogP contribution in [0, 0.1) is 5.92 Å². The van der Waals surface area contributed by atoms with Gasteiger partial charge < -0.3 is 10.2 Å². The number of hydrogen-bond acceptors (Lipinski definition) is 2. The smallest absolute Gasteiger partial charge is 0.0407 e. The monoisotopic (exact) mass is 264 g/mol. The van der Waals surface area contributed by atoms with Crippen molar-refractivity contribution < 1.29 is 0 Å². The number of anilines is 1. The van der Waals surface area contributed by atoms with Gasteiger partial charge in [-0.2, -0.15) is 0 Å². The third-order valence-electron chi connectivity index (χ3n) is 3.90. The van der Waals surface area contributed by atoms with Crippen molar-refractivity contribution in [2.24, 2.45) is 5.92 Å². The van der Waals surface area contributed by atoms with Crippen molar-refractivity contribution in [3.8, 4) is 0 Å². The normalized spacial score (nSPS) is 28.4. The molecule has 1 saturated heterocycles. The molecule has 1 aliphatic heterocycles. The lowest BCUT2D eigenvalue weighted by molar-refractivity contribution is 0.349. The van der Waals surface area contributed by atoms with Gasteiger partial charge in [0.25, 0.3) is 0 Å². The van der Waals surface area contributed by atoms with E-state index in [1.54, 1.807) is 0 Å². The first-order valence-corrected chi connectivity index (χ1v) is 7.35. The SMILES string of the molecule is CC1CC(NC2CC2)CN(c2ccc(Cl)cc2)C1. The Hall–Kier alpha value is -0.730. The van der Waals surface area contributed by atoms with Gasteiger partial charge in [-0.05, 0) is 49.4 Å². The highest BCUT2D eigenvalue weighted by Crippen LogP contribution is 2.27. The predicted octanol–water partition coefficient (Wildman–Crippen LogP) is 3.31. The molecule has 3 heteroatoms.